The number of allylic oxidation sites excluding steroid dienone is 2. The van der Waals surface area contributed by atoms with Crippen molar-refractivity contribution in [1.82, 2.24) is 14.5 Å². The van der Waals surface area contributed by atoms with Crippen LogP contribution in [0.4, 0.5) is 11.4 Å². The summed E-state index contributed by atoms with van der Waals surface area (Å²) in [5.74, 6) is 1.55. The monoisotopic (exact) mass is 835 g/mol. The van der Waals surface area contributed by atoms with Crippen LogP contribution < -0.4 is 10.2 Å². The second kappa shape index (κ2) is 14.8. The highest BCUT2D eigenvalue weighted by molar-refractivity contribution is 6.13. The van der Waals surface area contributed by atoms with Crippen LogP contribution >= 0.6 is 0 Å². The van der Waals surface area contributed by atoms with Crippen LogP contribution in [-0.2, 0) is 12.8 Å². The molecular weight excluding hydrogens is 795 g/mol. The molecular formula is C58H41N7. The van der Waals surface area contributed by atoms with E-state index in [0.29, 0.717) is 11.4 Å². The number of aromatic nitrogens is 2. The Labute approximate surface area is 376 Å². The SMILES string of the molecule is N#Cc1cc(C2N=C(c3ccccc3)N=C(c3ccccc3)N2)c(-n2c3c(c4ccccc42)C=CCC3)cc1-n1c2c(c3ccccc31)CC1C(=C2)N(c2ccccc2)c2ccccc21. The Morgan fingerprint density at radius 2 is 1.31 bits per heavy atom. The number of fused-ring (bicyclic) bond motifs is 9. The van der Waals surface area contributed by atoms with E-state index >= 15 is 0 Å². The normalized spacial score (nSPS) is 17.0. The van der Waals surface area contributed by atoms with Crippen molar-refractivity contribution in [3.8, 4) is 17.4 Å². The summed E-state index contributed by atoms with van der Waals surface area (Å²) in [5.41, 5.74) is 17.1. The molecule has 7 nitrogen and oxygen atoms in total. The summed E-state index contributed by atoms with van der Waals surface area (Å²) in [6.07, 6.45) is 9.05. The molecule has 0 amide bonds. The molecule has 7 heteroatoms. The Bertz CT molecular complexity index is 3560. The molecule has 7 aromatic carbocycles. The Hall–Kier alpha value is -8.47. The highest BCUT2D eigenvalue weighted by atomic mass is 15.2. The minimum atomic E-state index is -0.570. The number of nitriles is 1. The summed E-state index contributed by atoms with van der Waals surface area (Å²) in [6, 6.07) is 64.4. The molecule has 4 heterocycles. The van der Waals surface area contributed by atoms with E-state index in [4.69, 9.17) is 9.98 Å². The third kappa shape index (κ3) is 5.81. The molecule has 4 aliphatic rings. The van der Waals surface area contributed by atoms with Gasteiger partial charge in [-0.1, -0.05) is 146 Å². The average molecular weight is 836 g/mol. The van der Waals surface area contributed by atoms with Gasteiger partial charge in [0, 0.05) is 61.7 Å². The van der Waals surface area contributed by atoms with Gasteiger partial charge in [-0.2, -0.15) is 5.26 Å². The molecule has 2 aliphatic heterocycles. The summed E-state index contributed by atoms with van der Waals surface area (Å²) in [7, 11) is 0. The van der Waals surface area contributed by atoms with Gasteiger partial charge in [0.2, 0.25) is 0 Å². The second-order valence-electron chi connectivity index (χ2n) is 17.2. The zero-order chi connectivity index (χ0) is 43.0. The summed E-state index contributed by atoms with van der Waals surface area (Å²) < 4.78 is 4.80. The van der Waals surface area contributed by atoms with Crippen molar-refractivity contribution in [1.29, 1.82) is 5.26 Å². The topological polar surface area (TPSA) is 73.6 Å². The number of hydrogen-bond donors (Lipinski definition) is 1. The molecule has 2 aliphatic carbocycles. The average Bonchev–Trinajstić information content (AvgIpc) is 4.01. The van der Waals surface area contributed by atoms with Crippen molar-refractivity contribution in [2.24, 2.45) is 9.98 Å². The zero-order valence-corrected chi connectivity index (χ0v) is 35.4. The first-order valence-electron chi connectivity index (χ1n) is 22.4. The number of nitrogens with zero attached hydrogens (tertiary/aromatic N) is 6. The van der Waals surface area contributed by atoms with Crippen molar-refractivity contribution in [3.05, 3.63) is 238 Å². The molecule has 0 saturated heterocycles. The first-order valence-corrected chi connectivity index (χ1v) is 22.4. The van der Waals surface area contributed by atoms with Gasteiger partial charge in [0.15, 0.2) is 5.84 Å². The molecule has 2 unspecified atom stereocenters. The van der Waals surface area contributed by atoms with Gasteiger partial charge in [-0.15, -0.1) is 0 Å². The molecule has 0 bridgehead atoms. The smallest absolute Gasteiger partial charge is 0.159 e. The number of aliphatic imine (C=N–C) groups is 2. The van der Waals surface area contributed by atoms with Gasteiger partial charge in [0.1, 0.15) is 18.1 Å². The molecule has 2 atom stereocenters. The summed E-state index contributed by atoms with van der Waals surface area (Å²) in [6.45, 7) is 0. The molecule has 9 aromatic rings. The van der Waals surface area contributed by atoms with Gasteiger partial charge in [0.25, 0.3) is 0 Å². The maximum atomic E-state index is 11.4. The van der Waals surface area contributed by atoms with Crippen molar-refractivity contribution < 1.29 is 0 Å². The molecule has 308 valence electrons. The maximum absolute atomic E-state index is 11.4. The van der Waals surface area contributed by atoms with E-state index < -0.39 is 6.17 Å². The predicted octanol–water partition coefficient (Wildman–Crippen LogP) is 12.7. The van der Waals surface area contributed by atoms with E-state index in [-0.39, 0.29) is 5.92 Å². The van der Waals surface area contributed by atoms with Gasteiger partial charge in [0.05, 0.1) is 33.7 Å². The Morgan fingerprint density at radius 3 is 2.09 bits per heavy atom. The Morgan fingerprint density at radius 1 is 0.631 bits per heavy atom. The minimum Gasteiger partial charge on any atom is -0.344 e. The highest BCUT2D eigenvalue weighted by Crippen LogP contribution is 2.53. The van der Waals surface area contributed by atoms with Crippen molar-refractivity contribution in [2.45, 2.75) is 31.3 Å². The molecule has 13 rings (SSSR count). The third-order valence-corrected chi connectivity index (χ3v) is 13.6. The van der Waals surface area contributed by atoms with Crippen molar-refractivity contribution >= 4 is 57.0 Å². The van der Waals surface area contributed by atoms with Crippen LogP contribution in [0.3, 0.4) is 0 Å². The van der Waals surface area contributed by atoms with E-state index in [9.17, 15) is 5.26 Å². The fourth-order valence-electron chi connectivity index (χ4n) is 10.8. The van der Waals surface area contributed by atoms with Crippen LogP contribution in [0.2, 0.25) is 0 Å². The molecule has 0 saturated carbocycles. The minimum absolute atomic E-state index is 0.187. The van der Waals surface area contributed by atoms with E-state index in [1.165, 1.54) is 44.5 Å². The number of anilines is 2. The van der Waals surface area contributed by atoms with Crippen LogP contribution in [0, 0.1) is 11.3 Å². The Balaban J connectivity index is 1.09. The first kappa shape index (κ1) is 37.1. The van der Waals surface area contributed by atoms with Crippen molar-refractivity contribution in [2.75, 3.05) is 4.90 Å². The highest BCUT2D eigenvalue weighted by Gasteiger charge is 2.39. The Kier molecular flexibility index (Phi) is 8.47. The summed E-state index contributed by atoms with van der Waals surface area (Å²) in [5, 5.41) is 17.6. The number of amidine groups is 2. The number of benzene rings is 7. The molecule has 0 spiro atoms. The third-order valence-electron chi connectivity index (χ3n) is 13.6. The van der Waals surface area contributed by atoms with Gasteiger partial charge < -0.3 is 19.4 Å². The number of nitrogens with one attached hydrogen (secondary N) is 1. The van der Waals surface area contributed by atoms with Crippen LogP contribution in [0.5, 0.6) is 0 Å². The lowest BCUT2D eigenvalue weighted by Gasteiger charge is -2.28. The lowest BCUT2D eigenvalue weighted by atomic mass is 9.86. The van der Waals surface area contributed by atoms with Crippen LogP contribution in [0.15, 0.2) is 198 Å². The van der Waals surface area contributed by atoms with Gasteiger partial charge >= 0.3 is 0 Å². The molecule has 0 fully saturated rings. The predicted molar refractivity (Wildman–Crippen MR) is 263 cm³/mol. The molecule has 1 N–H and O–H groups in total. The number of rotatable bonds is 6. The largest absolute Gasteiger partial charge is 0.344 e. The molecule has 0 radical (unpaired) electrons. The van der Waals surface area contributed by atoms with E-state index in [1.54, 1.807) is 0 Å². The quantitative estimate of drug-likeness (QED) is 0.181. The van der Waals surface area contributed by atoms with E-state index in [0.717, 1.165) is 75.6 Å². The van der Waals surface area contributed by atoms with E-state index in [2.05, 4.69) is 183 Å². The van der Waals surface area contributed by atoms with E-state index in [1.807, 2.05) is 36.4 Å². The fourth-order valence-corrected chi connectivity index (χ4v) is 10.8. The second-order valence-corrected chi connectivity index (χ2v) is 17.2. The van der Waals surface area contributed by atoms with Gasteiger partial charge in [-0.3, -0.25) is 0 Å². The van der Waals surface area contributed by atoms with Crippen LogP contribution in [0.1, 0.15) is 68.8 Å². The fraction of sp³-hybridized carbons (Fsp3) is 0.0862. The van der Waals surface area contributed by atoms with Gasteiger partial charge in [-0.25, -0.2) is 9.98 Å². The lowest BCUT2D eigenvalue weighted by Crippen LogP contribution is -2.34. The molecule has 65 heavy (non-hydrogen) atoms. The number of hydrogen-bond acceptors (Lipinski definition) is 5. The van der Waals surface area contributed by atoms with Crippen molar-refractivity contribution in [3.63, 3.8) is 0 Å². The summed E-state index contributed by atoms with van der Waals surface area (Å²) in [4.78, 5) is 13.0. The maximum Gasteiger partial charge on any atom is 0.159 e. The summed E-state index contributed by atoms with van der Waals surface area (Å²) >= 11 is 0. The van der Waals surface area contributed by atoms with Crippen LogP contribution in [-0.4, -0.2) is 20.8 Å². The van der Waals surface area contributed by atoms with Gasteiger partial charge in [-0.05, 0) is 78.9 Å². The molecule has 2 aromatic heterocycles. The number of para-hydroxylation sites is 4. The van der Waals surface area contributed by atoms with Crippen LogP contribution in [0.25, 0.3) is 45.3 Å². The standard InChI is InChI=1S/C58H41N7/c59-36-39-32-47(58-61-56(37-18-4-1-5-19-37)60-57(62-58)38-20-6-2-7-21-38)55(64-49-29-15-10-24-41(49)42-25-11-16-30-50(42)64)34-52(39)65-51-31-17-13-27-44(51)46-33-45-43-26-12-14-28-48(43)63(53(45)35-54(46)65)40-22-8-3-9-23-40/h1-15,17-29,31-32,34-35,45,58H,16,30,33H2,(H,60,61,62). The lowest BCUT2D eigenvalue weighted by molar-refractivity contribution is 0.667. The zero-order valence-electron chi connectivity index (χ0n) is 35.4. The first-order chi connectivity index (χ1) is 32.2.